The fraction of sp³-hybridized carbons (Fsp3) is 0.200. The molecule has 0 aliphatic carbocycles. The fourth-order valence-electron chi connectivity index (χ4n) is 2.34. The number of thiocarbonyl (C=S) groups is 1. The summed E-state index contributed by atoms with van der Waals surface area (Å²) in [5.41, 5.74) is 1.10. The van der Waals surface area contributed by atoms with Crippen LogP contribution in [0.3, 0.4) is 0 Å². The Labute approximate surface area is 185 Å². The first-order chi connectivity index (χ1) is 13.5. The van der Waals surface area contributed by atoms with E-state index >= 15 is 0 Å². The van der Waals surface area contributed by atoms with Gasteiger partial charge in [-0.15, -0.1) is 23.5 Å². The lowest BCUT2D eigenvalue weighted by Gasteiger charge is -2.15. The molecule has 8 heteroatoms. The summed E-state index contributed by atoms with van der Waals surface area (Å²) in [5, 5.41) is 0. The van der Waals surface area contributed by atoms with Crippen LogP contribution < -0.4 is 0 Å². The normalized spacial score (nSPS) is 13.2. The van der Waals surface area contributed by atoms with E-state index in [1.165, 1.54) is 23.5 Å². The first-order valence-electron chi connectivity index (χ1n) is 8.39. The Bertz CT molecular complexity index is 968. The van der Waals surface area contributed by atoms with E-state index in [-0.39, 0.29) is 9.80 Å². The Kier molecular flexibility index (Phi) is 9.30. The van der Waals surface area contributed by atoms with Crippen LogP contribution in [0.5, 0.6) is 0 Å². The number of hydrogen-bond acceptors (Lipinski definition) is 7. The Hall–Kier alpha value is -1.06. The Morgan fingerprint density at radius 1 is 0.964 bits per heavy atom. The molecule has 2 aromatic carbocycles. The highest BCUT2D eigenvalue weighted by Gasteiger charge is 2.29. The summed E-state index contributed by atoms with van der Waals surface area (Å²) in [7, 11) is -3.84. The maximum Gasteiger partial charge on any atom is 0.210 e. The predicted octanol–water partition coefficient (Wildman–Crippen LogP) is 5.99. The van der Waals surface area contributed by atoms with Gasteiger partial charge in [0.15, 0.2) is 0 Å². The monoisotopic (exact) mass is 467 g/mol. The summed E-state index contributed by atoms with van der Waals surface area (Å²) >= 11 is 9.81. The minimum absolute atomic E-state index is 0.0793. The maximum absolute atomic E-state index is 13.5. The molecule has 0 N–H and O–H groups in total. The summed E-state index contributed by atoms with van der Waals surface area (Å²) in [5.74, 6) is 0.843. The van der Waals surface area contributed by atoms with Crippen molar-refractivity contribution in [1.29, 1.82) is 0 Å². The van der Waals surface area contributed by atoms with Gasteiger partial charge < -0.3 is 0 Å². The van der Waals surface area contributed by atoms with Crippen LogP contribution in [0, 0.1) is 0 Å². The van der Waals surface area contributed by atoms with Crippen LogP contribution in [0.2, 0.25) is 0 Å². The lowest BCUT2D eigenvalue weighted by Crippen LogP contribution is -2.13. The summed E-state index contributed by atoms with van der Waals surface area (Å²) in [6.07, 6.45) is 3.72. The number of aliphatic imine (C=N–C) groups is 1. The molecule has 0 heterocycles. The average Bonchev–Trinajstić information content (AvgIpc) is 2.73. The van der Waals surface area contributed by atoms with Crippen molar-refractivity contribution in [1.82, 2.24) is 0 Å². The van der Waals surface area contributed by atoms with Crippen molar-refractivity contribution < 1.29 is 8.42 Å². The van der Waals surface area contributed by atoms with Crippen molar-refractivity contribution in [2.45, 2.75) is 11.8 Å². The molecule has 0 amide bonds. The van der Waals surface area contributed by atoms with Crippen LogP contribution in [0.15, 0.2) is 75.5 Å². The zero-order chi connectivity index (χ0) is 20.6. The van der Waals surface area contributed by atoms with E-state index in [4.69, 9.17) is 17.2 Å². The molecule has 2 rings (SSSR count). The molecule has 0 bridgehead atoms. The second-order valence-corrected chi connectivity index (χ2v) is 11.0. The first-order valence-corrected chi connectivity index (χ1v) is 13.7. The molecule has 0 aliphatic rings. The van der Waals surface area contributed by atoms with Crippen molar-refractivity contribution in [2.75, 3.05) is 18.3 Å². The first kappa shape index (κ1) is 23.2. The lowest BCUT2D eigenvalue weighted by atomic mass is 10.1. The van der Waals surface area contributed by atoms with Gasteiger partial charge in [0.1, 0.15) is 9.28 Å². The van der Waals surface area contributed by atoms with Crippen LogP contribution in [-0.2, 0) is 9.84 Å². The topological polar surface area (TPSA) is 46.5 Å². The van der Waals surface area contributed by atoms with Crippen molar-refractivity contribution >= 4 is 71.6 Å². The second-order valence-electron chi connectivity index (χ2n) is 5.37. The molecule has 0 aromatic heterocycles. The van der Waals surface area contributed by atoms with Crippen LogP contribution in [0.4, 0.5) is 0 Å². The van der Waals surface area contributed by atoms with E-state index < -0.39 is 9.84 Å². The Balaban J connectivity index is 2.88. The van der Waals surface area contributed by atoms with Gasteiger partial charge in [0.05, 0.1) is 14.8 Å². The smallest absolute Gasteiger partial charge is 0.210 e. The standard InChI is InChI=1S/C20H21NO2S5/c1-4-27-20(26-3)21-17(15-11-7-5-8-12-15)18(19(24)25-2)28(22,23)16-13-9-6-10-14-16/h5-14H,4H2,1-3H3/b18-17+,21-20?. The molecule has 0 atom stereocenters. The highest BCUT2D eigenvalue weighted by atomic mass is 32.2. The number of benzene rings is 2. The molecular weight excluding hydrogens is 447 g/mol. The zero-order valence-electron chi connectivity index (χ0n) is 15.8. The molecule has 28 heavy (non-hydrogen) atoms. The summed E-state index contributed by atoms with van der Waals surface area (Å²) < 4.78 is 28.2. The van der Waals surface area contributed by atoms with E-state index in [1.54, 1.807) is 48.3 Å². The molecule has 0 unspecified atom stereocenters. The average molecular weight is 468 g/mol. The predicted molar refractivity (Wildman–Crippen MR) is 132 cm³/mol. The third-order valence-corrected chi connectivity index (χ3v) is 8.89. The highest BCUT2D eigenvalue weighted by Crippen LogP contribution is 2.34. The van der Waals surface area contributed by atoms with Gasteiger partial charge in [-0.25, -0.2) is 13.4 Å². The van der Waals surface area contributed by atoms with Crippen LogP contribution >= 0.6 is 47.5 Å². The van der Waals surface area contributed by atoms with E-state index in [1.807, 2.05) is 43.5 Å². The number of rotatable bonds is 6. The third-order valence-electron chi connectivity index (χ3n) is 3.60. The van der Waals surface area contributed by atoms with Crippen molar-refractivity contribution in [2.24, 2.45) is 4.99 Å². The lowest BCUT2D eigenvalue weighted by molar-refractivity contribution is 0.603. The molecule has 0 spiro atoms. The third kappa shape index (κ3) is 5.73. The molecule has 0 saturated carbocycles. The van der Waals surface area contributed by atoms with Gasteiger partial charge in [-0.2, -0.15) is 0 Å². The second kappa shape index (κ2) is 11.2. The quantitative estimate of drug-likeness (QED) is 0.225. The summed E-state index contributed by atoms with van der Waals surface area (Å²) in [6, 6.07) is 17.7. The molecule has 0 saturated heterocycles. The van der Waals surface area contributed by atoms with E-state index in [0.29, 0.717) is 9.89 Å². The van der Waals surface area contributed by atoms with Gasteiger partial charge >= 0.3 is 0 Å². The van der Waals surface area contributed by atoms with E-state index in [2.05, 4.69) is 0 Å². The van der Waals surface area contributed by atoms with E-state index in [0.717, 1.165) is 15.7 Å². The van der Waals surface area contributed by atoms with Gasteiger partial charge in [-0.3, -0.25) is 0 Å². The van der Waals surface area contributed by atoms with Crippen LogP contribution in [0.1, 0.15) is 12.5 Å². The molecule has 3 nitrogen and oxygen atoms in total. The fourth-order valence-corrected chi connectivity index (χ4v) is 6.42. The van der Waals surface area contributed by atoms with Crippen LogP contribution in [-0.4, -0.2) is 35.3 Å². The van der Waals surface area contributed by atoms with Gasteiger partial charge in [-0.05, 0) is 30.4 Å². The zero-order valence-corrected chi connectivity index (χ0v) is 19.9. The molecule has 2 aromatic rings. The highest BCUT2D eigenvalue weighted by molar-refractivity contribution is 8.38. The number of sulfone groups is 1. The van der Waals surface area contributed by atoms with Crippen LogP contribution in [0.25, 0.3) is 5.70 Å². The van der Waals surface area contributed by atoms with Crippen molar-refractivity contribution in [3.8, 4) is 0 Å². The van der Waals surface area contributed by atoms with E-state index in [9.17, 15) is 8.42 Å². The van der Waals surface area contributed by atoms with Gasteiger partial charge in [0.2, 0.25) is 9.84 Å². The molecule has 0 aliphatic heterocycles. The number of thioether (sulfide) groups is 3. The van der Waals surface area contributed by atoms with Gasteiger partial charge in [-0.1, -0.05) is 79.4 Å². The molecule has 0 radical (unpaired) electrons. The van der Waals surface area contributed by atoms with Crippen molar-refractivity contribution in [3.05, 3.63) is 71.1 Å². The minimum atomic E-state index is -3.84. The number of nitrogens with zero attached hydrogens (tertiary/aromatic N) is 1. The summed E-state index contributed by atoms with van der Waals surface area (Å²) in [4.78, 5) is 5.04. The van der Waals surface area contributed by atoms with Crippen molar-refractivity contribution in [3.63, 3.8) is 0 Å². The largest absolute Gasteiger partial charge is 0.233 e. The van der Waals surface area contributed by atoms with Gasteiger partial charge in [0, 0.05) is 5.56 Å². The SMILES string of the molecule is CCSC(=N/C(=C(\C(=S)SC)S(=O)(=O)c1ccccc1)c1ccccc1)SC. The molecule has 0 fully saturated rings. The Morgan fingerprint density at radius 3 is 2.04 bits per heavy atom. The Morgan fingerprint density at radius 2 is 1.54 bits per heavy atom. The molecule has 148 valence electrons. The number of hydrogen-bond donors (Lipinski definition) is 0. The van der Waals surface area contributed by atoms with Gasteiger partial charge in [0.25, 0.3) is 0 Å². The summed E-state index contributed by atoms with van der Waals surface area (Å²) in [6.45, 7) is 2.04. The molecular formula is C20H21NO2S5. The minimum Gasteiger partial charge on any atom is -0.233 e. The maximum atomic E-state index is 13.5.